The Kier molecular flexibility index (Phi) is 3.94. The molecule has 0 saturated carbocycles. The highest BCUT2D eigenvalue weighted by Gasteiger charge is 2.32. The molecule has 1 atom stereocenters. The summed E-state index contributed by atoms with van der Waals surface area (Å²) >= 11 is 0. The van der Waals surface area contributed by atoms with Gasteiger partial charge in [-0.15, -0.1) is 0 Å². The third kappa shape index (κ3) is 2.42. The number of hydrogen-bond donors (Lipinski definition) is 2. The monoisotopic (exact) mass is 174 g/mol. The van der Waals surface area contributed by atoms with Crippen LogP contribution in [0.2, 0.25) is 0 Å². The van der Waals surface area contributed by atoms with Crippen LogP contribution in [0.4, 0.5) is 0 Å². The van der Waals surface area contributed by atoms with Crippen molar-refractivity contribution in [2.45, 2.75) is 12.0 Å². The van der Waals surface area contributed by atoms with E-state index in [1.54, 1.807) is 7.11 Å². The Labute approximate surface area is 73.4 Å². The van der Waals surface area contributed by atoms with Crippen LogP contribution in [-0.4, -0.2) is 45.6 Å². The van der Waals surface area contributed by atoms with Crippen molar-refractivity contribution >= 4 is 0 Å². The van der Waals surface area contributed by atoms with Gasteiger partial charge in [0.1, 0.15) is 0 Å². The van der Waals surface area contributed by atoms with Gasteiger partial charge in [0, 0.05) is 26.8 Å². The molecule has 0 aliphatic carbocycles. The van der Waals surface area contributed by atoms with E-state index in [0.29, 0.717) is 6.54 Å². The Morgan fingerprint density at radius 2 is 2.50 bits per heavy atom. The summed E-state index contributed by atoms with van der Waals surface area (Å²) in [4.78, 5) is 0. The number of methoxy groups -OCH3 is 1. The molecule has 0 aromatic carbocycles. The molecule has 1 fully saturated rings. The Bertz CT molecular complexity index is 124. The zero-order chi connectivity index (χ0) is 8.86. The van der Waals surface area contributed by atoms with Gasteiger partial charge in [-0.3, -0.25) is 0 Å². The second-order valence-corrected chi connectivity index (χ2v) is 3.21. The summed E-state index contributed by atoms with van der Waals surface area (Å²) in [5.74, 6) is 0. The molecule has 0 amide bonds. The van der Waals surface area contributed by atoms with Crippen molar-refractivity contribution in [3.8, 4) is 0 Å². The molecule has 1 unspecified atom stereocenters. The highest BCUT2D eigenvalue weighted by molar-refractivity contribution is 4.92. The summed E-state index contributed by atoms with van der Waals surface area (Å²) in [7, 11) is 1.70. The number of rotatable bonds is 5. The molecule has 12 heavy (non-hydrogen) atoms. The van der Waals surface area contributed by atoms with E-state index in [-0.39, 0.29) is 5.54 Å². The fourth-order valence-electron chi connectivity index (χ4n) is 1.40. The van der Waals surface area contributed by atoms with E-state index in [9.17, 15) is 0 Å². The average molecular weight is 174 g/mol. The van der Waals surface area contributed by atoms with E-state index >= 15 is 0 Å². The number of ether oxygens (including phenoxy) is 2. The minimum Gasteiger partial charge on any atom is -0.383 e. The first-order valence-electron chi connectivity index (χ1n) is 4.35. The molecule has 4 nitrogen and oxygen atoms in total. The maximum Gasteiger partial charge on any atom is 0.0661 e. The molecular formula is C8H18N2O2. The van der Waals surface area contributed by atoms with Crippen LogP contribution in [0.15, 0.2) is 0 Å². The molecule has 1 heterocycles. The molecule has 4 heteroatoms. The highest BCUT2D eigenvalue weighted by Crippen LogP contribution is 2.16. The van der Waals surface area contributed by atoms with Gasteiger partial charge < -0.3 is 20.5 Å². The van der Waals surface area contributed by atoms with Crippen LogP contribution in [0.1, 0.15) is 6.42 Å². The fraction of sp³-hybridized carbons (Fsp3) is 1.00. The molecule has 1 aliphatic heterocycles. The Balaban J connectivity index is 2.24. The van der Waals surface area contributed by atoms with Crippen LogP contribution in [0, 0.1) is 0 Å². The number of hydrogen-bond acceptors (Lipinski definition) is 4. The molecule has 0 aromatic rings. The van der Waals surface area contributed by atoms with Crippen molar-refractivity contribution in [1.82, 2.24) is 5.32 Å². The Hall–Kier alpha value is -0.160. The summed E-state index contributed by atoms with van der Waals surface area (Å²) in [6, 6.07) is 0. The van der Waals surface area contributed by atoms with Crippen LogP contribution >= 0.6 is 0 Å². The molecule has 1 rings (SSSR count). The van der Waals surface area contributed by atoms with Gasteiger partial charge >= 0.3 is 0 Å². The second-order valence-electron chi connectivity index (χ2n) is 3.21. The first kappa shape index (κ1) is 9.92. The smallest absolute Gasteiger partial charge is 0.0661 e. The third-order valence-electron chi connectivity index (χ3n) is 2.30. The molecule has 3 N–H and O–H groups in total. The van der Waals surface area contributed by atoms with Gasteiger partial charge in [-0.05, 0) is 6.42 Å². The lowest BCUT2D eigenvalue weighted by Crippen LogP contribution is -2.52. The predicted molar refractivity (Wildman–Crippen MR) is 47.1 cm³/mol. The predicted octanol–water partition coefficient (Wildman–Crippen LogP) is -0.660. The van der Waals surface area contributed by atoms with Crippen LogP contribution in [0.5, 0.6) is 0 Å². The van der Waals surface area contributed by atoms with Gasteiger partial charge in [0.25, 0.3) is 0 Å². The lowest BCUT2D eigenvalue weighted by atomic mass is 9.99. The lowest BCUT2D eigenvalue weighted by Gasteiger charge is -2.26. The molecule has 1 saturated heterocycles. The SMILES string of the molecule is COCCNC1(CN)CCOC1. The normalized spacial score (nSPS) is 29.5. The topological polar surface area (TPSA) is 56.5 Å². The fourth-order valence-corrected chi connectivity index (χ4v) is 1.40. The summed E-state index contributed by atoms with van der Waals surface area (Å²) < 4.78 is 10.2. The van der Waals surface area contributed by atoms with E-state index in [1.807, 2.05) is 0 Å². The van der Waals surface area contributed by atoms with Gasteiger partial charge in [0.15, 0.2) is 0 Å². The maximum atomic E-state index is 5.67. The molecule has 72 valence electrons. The van der Waals surface area contributed by atoms with E-state index < -0.39 is 0 Å². The van der Waals surface area contributed by atoms with Gasteiger partial charge in [-0.1, -0.05) is 0 Å². The van der Waals surface area contributed by atoms with Crippen LogP contribution in [0.25, 0.3) is 0 Å². The first-order valence-corrected chi connectivity index (χ1v) is 4.35. The van der Waals surface area contributed by atoms with Crippen molar-refractivity contribution in [2.75, 3.05) is 40.0 Å². The van der Waals surface area contributed by atoms with Crippen molar-refractivity contribution in [3.05, 3.63) is 0 Å². The van der Waals surface area contributed by atoms with Crippen molar-refractivity contribution in [1.29, 1.82) is 0 Å². The summed E-state index contributed by atoms with van der Waals surface area (Å²) in [6.45, 7) is 3.75. The molecular weight excluding hydrogens is 156 g/mol. The van der Waals surface area contributed by atoms with Crippen LogP contribution < -0.4 is 11.1 Å². The molecule has 0 aromatic heterocycles. The lowest BCUT2D eigenvalue weighted by molar-refractivity contribution is 0.154. The maximum absolute atomic E-state index is 5.67. The molecule has 0 bridgehead atoms. The number of nitrogens with two attached hydrogens (primary N) is 1. The minimum absolute atomic E-state index is 0.0124. The second kappa shape index (κ2) is 4.77. The standard InChI is InChI=1S/C8H18N2O2/c1-11-5-3-10-8(6-9)2-4-12-7-8/h10H,2-7,9H2,1H3. The average Bonchev–Trinajstić information content (AvgIpc) is 2.55. The zero-order valence-electron chi connectivity index (χ0n) is 7.64. The van der Waals surface area contributed by atoms with Gasteiger partial charge in [-0.25, -0.2) is 0 Å². The van der Waals surface area contributed by atoms with E-state index in [4.69, 9.17) is 15.2 Å². The first-order chi connectivity index (χ1) is 5.83. The largest absolute Gasteiger partial charge is 0.383 e. The van der Waals surface area contributed by atoms with Crippen LogP contribution in [0.3, 0.4) is 0 Å². The third-order valence-corrected chi connectivity index (χ3v) is 2.30. The zero-order valence-corrected chi connectivity index (χ0v) is 7.64. The van der Waals surface area contributed by atoms with Crippen molar-refractivity contribution in [3.63, 3.8) is 0 Å². The van der Waals surface area contributed by atoms with E-state index in [1.165, 1.54) is 0 Å². The highest BCUT2D eigenvalue weighted by atomic mass is 16.5. The van der Waals surface area contributed by atoms with Gasteiger partial charge in [0.05, 0.1) is 18.8 Å². The Morgan fingerprint density at radius 3 is 3.00 bits per heavy atom. The Morgan fingerprint density at radius 1 is 1.67 bits per heavy atom. The van der Waals surface area contributed by atoms with E-state index in [2.05, 4.69) is 5.32 Å². The van der Waals surface area contributed by atoms with Gasteiger partial charge in [0.2, 0.25) is 0 Å². The summed E-state index contributed by atoms with van der Waals surface area (Å²) in [6.07, 6.45) is 1.01. The van der Waals surface area contributed by atoms with Gasteiger partial charge in [-0.2, -0.15) is 0 Å². The summed E-state index contributed by atoms with van der Waals surface area (Å²) in [5.41, 5.74) is 5.68. The summed E-state index contributed by atoms with van der Waals surface area (Å²) in [5, 5.41) is 3.37. The van der Waals surface area contributed by atoms with Crippen molar-refractivity contribution in [2.24, 2.45) is 5.73 Å². The molecule has 1 aliphatic rings. The quantitative estimate of drug-likeness (QED) is 0.543. The number of nitrogens with one attached hydrogen (secondary N) is 1. The van der Waals surface area contributed by atoms with Crippen molar-refractivity contribution < 1.29 is 9.47 Å². The van der Waals surface area contributed by atoms with Crippen LogP contribution in [-0.2, 0) is 9.47 Å². The molecule has 0 radical (unpaired) electrons. The minimum atomic E-state index is 0.0124. The molecule has 0 spiro atoms. The van der Waals surface area contributed by atoms with E-state index in [0.717, 1.165) is 32.8 Å².